The number of methoxy groups -OCH3 is 1. The van der Waals surface area contributed by atoms with Crippen LogP contribution in [0.3, 0.4) is 0 Å². The number of rotatable bonds is 9. The van der Waals surface area contributed by atoms with Crippen molar-refractivity contribution in [1.82, 2.24) is 15.3 Å². The van der Waals surface area contributed by atoms with E-state index < -0.39 is 0 Å². The maximum atomic E-state index is 5.49. The maximum Gasteiger partial charge on any atom is 0.166 e. The van der Waals surface area contributed by atoms with Crippen molar-refractivity contribution in [2.45, 2.75) is 25.0 Å². The summed E-state index contributed by atoms with van der Waals surface area (Å²) < 4.78 is 10.6. The van der Waals surface area contributed by atoms with E-state index in [1.807, 2.05) is 25.1 Å². The largest absolute Gasteiger partial charge is 0.494 e. The lowest BCUT2D eigenvalue weighted by Crippen LogP contribution is -2.31. The molecule has 0 saturated carbocycles. The summed E-state index contributed by atoms with van der Waals surface area (Å²) in [5, 5.41) is 4.35. The minimum Gasteiger partial charge on any atom is -0.494 e. The molecule has 0 amide bonds. The fourth-order valence-corrected chi connectivity index (χ4v) is 2.81. The number of nitrogens with zero attached hydrogens (tertiary/aromatic N) is 1. The van der Waals surface area contributed by atoms with Crippen LogP contribution in [0.5, 0.6) is 5.75 Å². The molecule has 1 atom stereocenters. The number of hydrogen-bond acceptors (Lipinski definition) is 5. The van der Waals surface area contributed by atoms with Gasteiger partial charge >= 0.3 is 0 Å². The normalized spacial score (nSPS) is 12.7. The van der Waals surface area contributed by atoms with Crippen molar-refractivity contribution >= 4 is 22.8 Å². The topological polar surface area (TPSA) is 59.2 Å². The van der Waals surface area contributed by atoms with E-state index >= 15 is 0 Å². The smallest absolute Gasteiger partial charge is 0.166 e. The first-order chi connectivity index (χ1) is 10.2. The first-order valence-electron chi connectivity index (χ1n) is 7.20. The molecule has 21 heavy (non-hydrogen) atoms. The summed E-state index contributed by atoms with van der Waals surface area (Å²) in [6.45, 7) is 6.43. The lowest BCUT2D eigenvalue weighted by atomic mass is 10.3. The molecule has 1 aromatic heterocycles. The van der Waals surface area contributed by atoms with Crippen LogP contribution in [-0.2, 0) is 4.74 Å². The fourth-order valence-electron chi connectivity index (χ4n) is 2.05. The van der Waals surface area contributed by atoms with E-state index in [1.165, 1.54) is 0 Å². The van der Waals surface area contributed by atoms with Crippen LogP contribution in [0.2, 0.25) is 0 Å². The SMILES string of the molecule is CCOc1ccc2nc(SCCNC(C)COC)[nH]c2c1. The Balaban J connectivity index is 1.85. The van der Waals surface area contributed by atoms with Gasteiger partial charge in [-0.1, -0.05) is 11.8 Å². The molecule has 2 aromatic rings. The van der Waals surface area contributed by atoms with Gasteiger partial charge in [-0.15, -0.1) is 0 Å². The number of aromatic nitrogens is 2. The van der Waals surface area contributed by atoms with Gasteiger partial charge in [0.15, 0.2) is 5.16 Å². The van der Waals surface area contributed by atoms with Crippen LogP contribution in [0.1, 0.15) is 13.8 Å². The molecule has 0 fully saturated rings. The van der Waals surface area contributed by atoms with Crippen molar-refractivity contribution in [1.29, 1.82) is 0 Å². The average Bonchev–Trinajstić information content (AvgIpc) is 2.86. The molecule has 1 heterocycles. The van der Waals surface area contributed by atoms with E-state index in [2.05, 4.69) is 22.2 Å². The van der Waals surface area contributed by atoms with Crippen LogP contribution < -0.4 is 10.1 Å². The summed E-state index contributed by atoms with van der Waals surface area (Å²) in [6, 6.07) is 6.31. The molecule has 2 N–H and O–H groups in total. The molecule has 0 spiro atoms. The van der Waals surface area contributed by atoms with Gasteiger partial charge in [0.1, 0.15) is 5.75 Å². The van der Waals surface area contributed by atoms with Crippen LogP contribution in [0, 0.1) is 0 Å². The minimum atomic E-state index is 0.375. The number of imidazole rings is 1. The van der Waals surface area contributed by atoms with E-state index in [-0.39, 0.29) is 0 Å². The van der Waals surface area contributed by atoms with Gasteiger partial charge in [0.2, 0.25) is 0 Å². The van der Waals surface area contributed by atoms with E-state index in [1.54, 1.807) is 18.9 Å². The summed E-state index contributed by atoms with van der Waals surface area (Å²) in [4.78, 5) is 7.89. The van der Waals surface area contributed by atoms with Crippen molar-refractivity contribution < 1.29 is 9.47 Å². The van der Waals surface area contributed by atoms with Crippen molar-refractivity contribution in [3.63, 3.8) is 0 Å². The van der Waals surface area contributed by atoms with Crippen molar-refractivity contribution in [2.24, 2.45) is 0 Å². The van der Waals surface area contributed by atoms with Crippen LogP contribution in [0.15, 0.2) is 23.4 Å². The molecule has 2 rings (SSSR count). The zero-order valence-electron chi connectivity index (χ0n) is 12.8. The van der Waals surface area contributed by atoms with E-state index in [0.717, 1.165) is 40.8 Å². The number of thioether (sulfide) groups is 1. The minimum absolute atomic E-state index is 0.375. The number of ether oxygens (including phenoxy) is 2. The van der Waals surface area contributed by atoms with E-state index in [0.29, 0.717) is 12.6 Å². The van der Waals surface area contributed by atoms with Crippen LogP contribution in [0.4, 0.5) is 0 Å². The molecular formula is C15H23N3O2S. The molecule has 116 valence electrons. The fraction of sp³-hybridized carbons (Fsp3) is 0.533. The average molecular weight is 309 g/mol. The van der Waals surface area contributed by atoms with Gasteiger partial charge in [-0.3, -0.25) is 0 Å². The molecule has 0 radical (unpaired) electrons. The first kappa shape index (κ1) is 16.1. The maximum absolute atomic E-state index is 5.49. The number of H-pyrrole nitrogens is 1. The molecule has 5 nitrogen and oxygen atoms in total. The highest BCUT2D eigenvalue weighted by Gasteiger charge is 2.05. The van der Waals surface area contributed by atoms with Crippen LogP contribution in [-0.4, -0.2) is 48.6 Å². The molecule has 0 aliphatic rings. The van der Waals surface area contributed by atoms with Gasteiger partial charge in [-0.25, -0.2) is 4.98 Å². The van der Waals surface area contributed by atoms with Crippen molar-refractivity contribution in [3.8, 4) is 5.75 Å². The quantitative estimate of drug-likeness (QED) is 0.551. The summed E-state index contributed by atoms with van der Waals surface area (Å²) >= 11 is 1.71. The van der Waals surface area contributed by atoms with Gasteiger partial charge < -0.3 is 19.8 Å². The zero-order valence-corrected chi connectivity index (χ0v) is 13.6. The number of benzene rings is 1. The molecular weight excluding hydrogens is 286 g/mol. The van der Waals surface area contributed by atoms with Crippen molar-refractivity contribution in [2.75, 3.05) is 32.6 Å². The molecule has 6 heteroatoms. The Bertz CT molecular complexity index is 559. The predicted molar refractivity (Wildman–Crippen MR) is 87.3 cm³/mol. The summed E-state index contributed by atoms with van der Waals surface area (Å²) in [5.74, 6) is 1.84. The van der Waals surface area contributed by atoms with Gasteiger partial charge in [0, 0.05) is 31.5 Å². The van der Waals surface area contributed by atoms with Crippen LogP contribution >= 0.6 is 11.8 Å². The highest BCUT2D eigenvalue weighted by Crippen LogP contribution is 2.23. The number of hydrogen-bond donors (Lipinski definition) is 2. The van der Waals surface area contributed by atoms with Gasteiger partial charge in [0.05, 0.1) is 24.2 Å². The molecule has 1 unspecified atom stereocenters. The second kappa shape index (κ2) is 8.26. The Morgan fingerprint density at radius 2 is 2.29 bits per heavy atom. The van der Waals surface area contributed by atoms with Crippen LogP contribution in [0.25, 0.3) is 11.0 Å². The molecule has 0 bridgehead atoms. The second-order valence-corrected chi connectivity index (χ2v) is 5.90. The third-order valence-corrected chi connectivity index (χ3v) is 3.87. The summed E-state index contributed by atoms with van der Waals surface area (Å²) in [6.07, 6.45) is 0. The molecule has 0 saturated heterocycles. The monoisotopic (exact) mass is 309 g/mol. The lowest BCUT2D eigenvalue weighted by Gasteiger charge is -2.11. The van der Waals surface area contributed by atoms with Crippen molar-refractivity contribution in [3.05, 3.63) is 18.2 Å². The number of fused-ring (bicyclic) bond motifs is 1. The summed E-state index contributed by atoms with van der Waals surface area (Å²) in [7, 11) is 1.72. The first-order valence-corrected chi connectivity index (χ1v) is 8.19. The third kappa shape index (κ3) is 4.91. The van der Waals surface area contributed by atoms with Gasteiger partial charge in [-0.05, 0) is 26.0 Å². The summed E-state index contributed by atoms with van der Waals surface area (Å²) in [5.41, 5.74) is 1.99. The highest BCUT2D eigenvalue weighted by molar-refractivity contribution is 7.99. The Morgan fingerprint density at radius 1 is 1.43 bits per heavy atom. The predicted octanol–water partition coefficient (Wildman–Crippen LogP) is 2.68. The Kier molecular flexibility index (Phi) is 6.35. The number of nitrogens with one attached hydrogen (secondary N) is 2. The second-order valence-electron chi connectivity index (χ2n) is 4.81. The van der Waals surface area contributed by atoms with Gasteiger partial charge in [0.25, 0.3) is 0 Å². The lowest BCUT2D eigenvalue weighted by molar-refractivity contribution is 0.173. The zero-order chi connectivity index (χ0) is 15.1. The molecule has 0 aliphatic heterocycles. The highest BCUT2D eigenvalue weighted by atomic mass is 32.2. The Labute approximate surface area is 129 Å². The van der Waals surface area contributed by atoms with E-state index in [4.69, 9.17) is 9.47 Å². The standard InChI is InChI=1S/C15H23N3O2S/c1-4-20-12-5-6-13-14(9-12)18-15(17-13)21-8-7-16-11(2)10-19-3/h5-6,9,11,16H,4,7-8,10H2,1-3H3,(H,17,18). The third-order valence-electron chi connectivity index (χ3n) is 2.99. The van der Waals surface area contributed by atoms with E-state index in [9.17, 15) is 0 Å². The Morgan fingerprint density at radius 3 is 3.05 bits per heavy atom. The molecule has 1 aromatic carbocycles. The Hall–Kier alpha value is -1.24. The molecule has 0 aliphatic carbocycles. The number of aromatic amines is 1. The van der Waals surface area contributed by atoms with Gasteiger partial charge in [-0.2, -0.15) is 0 Å².